The molecular formula is C14H17F2N3O2. The van der Waals surface area contributed by atoms with E-state index < -0.39 is 6.61 Å². The van der Waals surface area contributed by atoms with E-state index in [0.717, 1.165) is 5.56 Å². The van der Waals surface area contributed by atoms with Crippen LogP contribution < -0.4 is 10.1 Å². The average Bonchev–Trinajstić information content (AvgIpc) is 2.92. The van der Waals surface area contributed by atoms with Gasteiger partial charge in [0.1, 0.15) is 5.75 Å². The van der Waals surface area contributed by atoms with Crippen LogP contribution in [0.1, 0.15) is 5.56 Å². The largest absolute Gasteiger partial charge is 0.434 e. The molecule has 0 spiro atoms. The molecule has 1 aromatic heterocycles. The highest BCUT2D eigenvalue weighted by molar-refractivity contribution is 5.69. The predicted octanol–water partition coefficient (Wildman–Crippen LogP) is 2.41. The van der Waals surface area contributed by atoms with Gasteiger partial charge in [-0.05, 0) is 12.1 Å². The van der Waals surface area contributed by atoms with Gasteiger partial charge < -0.3 is 14.8 Å². The first-order valence-corrected chi connectivity index (χ1v) is 6.48. The number of hydrogen-bond donors (Lipinski definition) is 2. The van der Waals surface area contributed by atoms with Gasteiger partial charge in [-0.2, -0.15) is 13.9 Å². The van der Waals surface area contributed by atoms with Gasteiger partial charge in [0.15, 0.2) is 0 Å². The summed E-state index contributed by atoms with van der Waals surface area (Å²) in [6.07, 6.45) is 1.66. The molecule has 0 saturated heterocycles. The van der Waals surface area contributed by atoms with Crippen LogP contribution in [-0.2, 0) is 11.3 Å². The van der Waals surface area contributed by atoms with Crippen molar-refractivity contribution in [2.45, 2.75) is 13.2 Å². The van der Waals surface area contributed by atoms with Crippen molar-refractivity contribution in [2.75, 3.05) is 20.3 Å². The number of methoxy groups -OCH3 is 1. The minimum absolute atomic E-state index is 0.120. The molecule has 0 bridgehead atoms. The smallest absolute Gasteiger partial charge is 0.387 e. The topological polar surface area (TPSA) is 59.2 Å². The van der Waals surface area contributed by atoms with Crippen LogP contribution in [0.4, 0.5) is 8.78 Å². The zero-order valence-corrected chi connectivity index (χ0v) is 11.6. The van der Waals surface area contributed by atoms with Gasteiger partial charge in [-0.15, -0.1) is 0 Å². The monoisotopic (exact) mass is 297 g/mol. The van der Waals surface area contributed by atoms with E-state index in [1.54, 1.807) is 31.5 Å². The molecule has 5 nitrogen and oxygen atoms in total. The Kier molecular flexibility index (Phi) is 5.65. The number of aromatic amines is 1. The third-order valence-electron chi connectivity index (χ3n) is 2.89. The van der Waals surface area contributed by atoms with Crippen LogP contribution in [0.15, 0.2) is 30.5 Å². The Morgan fingerprint density at radius 3 is 2.90 bits per heavy atom. The van der Waals surface area contributed by atoms with Crippen LogP contribution in [0.25, 0.3) is 11.3 Å². The number of H-pyrrole nitrogens is 1. The molecule has 1 heterocycles. The van der Waals surface area contributed by atoms with Crippen molar-refractivity contribution in [3.63, 3.8) is 0 Å². The fourth-order valence-corrected chi connectivity index (χ4v) is 1.95. The predicted molar refractivity (Wildman–Crippen MR) is 74.2 cm³/mol. The number of alkyl halides is 2. The second-order valence-corrected chi connectivity index (χ2v) is 4.31. The van der Waals surface area contributed by atoms with Crippen LogP contribution in [0.5, 0.6) is 5.75 Å². The van der Waals surface area contributed by atoms with Crippen molar-refractivity contribution in [3.05, 3.63) is 36.0 Å². The SMILES string of the molecule is COCCNCc1cn[nH]c1-c1ccccc1OC(F)F. The first kappa shape index (κ1) is 15.4. The minimum atomic E-state index is -2.86. The van der Waals surface area contributed by atoms with Gasteiger partial charge in [0.2, 0.25) is 0 Å². The van der Waals surface area contributed by atoms with Gasteiger partial charge in [-0.1, -0.05) is 12.1 Å². The standard InChI is InChI=1S/C14H17F2N3O2/c1-20-7-6-17-8-10-9-18-19-13(10)11-4-2-3-5-12(11)21-14(15)16/h2-5,9,14,17H,6-8H2,1H3,(H,18,19). The Labute approximate surface area is 121 Å². The Morgan fingerprint density at radius 1 is 1.33 bits per heavy atom. The minimum Gasteiger partial charge on any atom is -0.434 e. The summed E-state index contributed by atoms with van der Waals surface area (Å²) in [5, 5.41) is 9.99. The summed E-state index contributed by atoms with van der Waals surface area (Å²) in [6.45, 7) is -1.02. The highest BCUT2D eigenvalue weighted by Gasteiger charge is 2.14. The average molecular weight is 297 g/mol. The zero-order valence-electron chi connectivity index (χ0n) is 11.6. The van der Waals surface area contributed by atoms with Crippen LogP contribution in [-0.4, -0.2) is 37.1 Å². The summed E-state index contributed by atoms with van der Waals surface area (Å²) in [7, 11) is 1.63. The molecule has 0 atom stereocenters. The number of rotatable bonds is 8. The van der Waals surface area contributed by atoms with Gasteiger partial charge in [0.05, 0.1) is 18.5 Å². The van der Waals surface area contributed by atoms with Crippen molar-refractivity contribution in [1.29, 1.82) is 0 Å². The van der Waals surface area contributed by atoms with Crippen molar-refractivity contribution in [2.24, 2.45) is 0 Å². The molecule has 0 saturated carbocycles. The molecule has 2 N–H and O–H groups in total. The van der Waals surface area contributed by atoms with E-state index in [4.69, 9.17) is 4.74 Å². The lowest BCUT2D eigenvalue weighted by atomic mass is 10.1. The number of nitrogens with one attached hydrogen (secondary N) is 2. The third-order valence-corrected chi connectivity index (χ3v) is 2.89. The Morgan fingerprint density at radius 2 is 2.14 bits per heavy atom. The zero-order chi connectivity index (χ0) is 15.1. The first-order chi connectivity index (χ1) is 10.2. The van der Waals surface area contributed by atoms with E-state index >= 15 is 0 Å². The summed E-state index contributed by atoms with van der Waals surface area (Å²) in [5.74, 6) is 0.120. The Bertz CT molecular complexity index is 561. The van der Waals surface area contributed by atoms with Crippen LogP contribution in [0.3, 0.4) is 0 Å². The maximum Gasteiger partial charge on any atom is 0.387 e. The number of hydrogen-bond acceptors (Lipinski definition) is 4. The third kappa shape index (κ3) is 4.24. The number of nitrogens with zero attached hydrogens (tertiary/aromatic N) is 1. The van der Waals surface area contributed by atoms with Gasteiger partial charge in [0.25, 0.3) is 0 Å². The maximum atomic E-state index is 12.5. The molecule has 2 aromatic rings. The number of ether oxygens (including phenoxy) is 2. The number of aromatic nitrogens is 2. The van der Waals surface area contributed by atoms with E-state index in [-0.39, 0.29) is 5.75 Å². The maximum absolute atomic E-state index is 12.5. The number of para-hydroxylation sites is 1. The number of benzene rings is 1. The molecule has 0 radical (unpaired) electrons. The van der Waals surface area contributed by atoms with Crippen molar-refractivity contribution in [1.82, 2.24) is 15.5 Å². The summed E-state index contributed by atoms with van der Waals surface area (Å²) in [6, 6.07) is 6.62. The van der Waals surface area contributed by atoms with E-state index in [2.05, 4.69) is 20.3 Å². The van der Waals surface area contributed by atoms with E-state index in [1.165, 1.54) is 6.07 Å². The molecule has 0 unspecified atom stereocenters. The molecule has 0 fully saturated rings. The van der Waals surface area contributed by atoms with Gasteiger partial charge >= 0.3 is 6.61 Å². The van der Waals surface area contributed by atoms with Gasteiger partial charge in [-0.3, -0.25) is 5.10 Å². The summed E-state index contributed by atoms with van der Waals surface area (Å²) in [4.78, 5) is 0. The lowest BCUT2D eigenvalue weighted by Gasteiger charge is -2.11. The highest BCUT2D eigenvalue weighted by atomic mass is 19.3. The Balaban J connectivity index is 2.17. The second kappa shape index (κ2) is 7.70. The highest BCUT2D eigenvalue weighted by Crippen LogP contribution is 2.31. The number of halogens is 2. The first-order valence-electron chi connectivity index (χ1n) is 6.48. The fourth-order valence-electron chi connectivity index (χ4n) is 1.95. The normalized spacial score (nSPS) is 11.0. The van der Waals surface area contributed by atoms with Crippen LogP contribution in [0, 0.1) is 0 Å². The summed E-state index contributed by atoms with van der Waals surface area (Å²) in [5.41, 5.74) is 2.09. The quantitative estimate of drug-likeness (QED) is 0.735. The summed E-state index contributed by atoms with van der Waals surface area (Å²) < 4.78 is 34.4. The van der Waals surface area contributed by atoms with Gasteiger partial charge in [-0.25, -0.2) is 0 Å². The second-order valence-electron chi connectivity index (χ2n) is 4.31. The Hall–Kier alpha value is -1.99. The molecule has 0 amide bonds. The van der Waals surface area contributed by atoms with Crippen molar-refractivity contribution < 1.29 is 18.3 Å². The molecule has 114 valence electrons. The van der Waals surface area contributed by atoms with Crippen LogP contribution >= 0.6 is 0 Å². The van der Waals surface area contributed by atoms with E-state index in [9.17, 15) is 8.78 Å². The molecule has 1 aromatic carbocycles. The van der Waals surface area contributed by atoms with Crippen molar-refractivity contribution >= 4 is 0 Å². The molecular weight excluding hydrogens is 280 g/mol. The lowest BCUT2D eigenvalue weighted by Crippen LogP contribution is -2.18. The summed E-state index contributed by atoms with van der Waals surface area (Å²) >= 11 is 0. The molecule has 0 aliphatic carbocycles. The fraction of sp³-hybridized carbons (Fsp3) is 0.357. The van der Waals surface area contributed by atoms with Crippen molar-refractivity contribution in [3.8, 4) is 17.0 Å². The molecule has 21 heavy (non-hydrogen) atoms. The molecule has 0 aliphatic heterocycles. The molecule has 0 aliphatic rings. The van der Waals surface area contributed by atoms with Gasteiger partial charge in [0, 0.05) is 31.3 Å². The van der Waals surface area contributed by atoms with Crippen LogP contribution in [0.2, 0.25) is 0 Å². The molecule has 2 rings (SSSR count). The lowest BCUT2D eigenvalue weighted by molar-refractivity contribution is -0.0494. The van der Waals surface area contributed by atoms with E-state index in [1.807, 2.05) is 0 Å². The molecule has 7 heteroatoms. The van der Waals surface area contributed by atoms with E-state index in [0.29, 0.717) is 31.0 Å².